The van der Waals surface area contributed by atoms with Crippen molar-refractivity contribution in [2.45, 2.75) is 20.8 Å². The fourth-order valence-corrected chi connectivity index (χ4v) is 1.97. The monoisotopic (exact) mass is 340 g/mol. The molecular weight excluding hydrogens is 324 g/mol. The molecular formula is C15H17ClN2O5. The van der Waals surface area contributed by atoms with E-state index >= 15 is 0 Å². The van der Waals surface area contributed by atoms with E-state index in [2.05, 4.69) is 5.32 Å². The molecule has 0 radical (unpaired) electrons. The minimum atomic E-state index is -0.753. The van der Waals surface area contributed by atoms with Gasteiger partial charge in [0, 0.05) is 18.9 Å². The minimum Gasteiger partial charge on any atom is -0.465 e. The van der Waals surface area contributed by atoms with Gasteiger partial charge in [-0.05, 0) is 25.1 Å². The number of nitrogens with one attached hydrogen (secondary N) is 1. The maximum absolute atomic E-state index is 12.6. The lowest BCUT2D eigenvalue weighted by atomic mass is 10.1. The summed E-state index contributed by atoms with van der Waals surface area (Å²) in [5.74, 6) is -2.48. The quantitative estimate of drug-likeness (QED) is 0.826. The van der Waals surface area contributed by atoms with Crippen LogP contribution >= 0.6 is 11.6 Å². The molecule has 0 spiro atoms. The Kier molecular flexibility index (Phi) is 6.71. The molecule has 0 saturated carbocycles. The number of hydrogen-bond donors (Lipinski definition) is 1. The second kappa shape index (κ2) is 8.28. The van der Waals surface area contributed by atoms with Gasteiger partial charge in [0.2, 0.25) is 11.8 Å². The van der Waals surface area contributed by atoms with Crippen LogP contribution in [0, 0.1) is 0 Å². The molecule has 0 bridgehead atoms. The second-order valence-electron chi connectivity index (χ2n) is 4.59. The van der Waals surface area contributed by atoms with Gasteiger partial charge in [-0.25, -0.2) is 0 Å². The molecule has 124 valence electrons. The van der Waals surface area contributed by atoms with Crippen molar-refractivity contribution < 1.29 is 23.9 Å². The Morgan fingerprint density at radius 3 is 2.39 bits per heavy atom. The van der Waals surface area contributed by atoms with Gasteiger partial charge in [-0.3, -0.25) is 24.1 Å². The van der Waals surface area contributed by atoms with Crippen LogP contribution in [0.25, 0.3) is 0 Å². The summed E-state index contributed by atoms with van der Waals surface area (Å²) in [7, 11) is 0. The first-order chi connectivity index (χ1) is 10.8. The third-order valence-electron chi connectivity index (χ3n) is 2.74. The van der Waals surface area contributed by atoms with Gasteiger partial charge in [0.05, 0.1) is 17.9 Å². The molecule has 1 rings (SSSR count). The van der Waals surface area contributed by atoms with Crippen LogP contribution in [0.4, 0.5) is 5.69 Å². The maximum atomic E-state index is 12.6. The van der Waals surface area contributed by atoms with E-state index in [4.69, 9.17) is 16.3 Å². The number of halogens is 1. The highest BCUT2D eigenvalue weighted by atomic mass is 35.5. The number of hydrogen-bond acceptors (Lipinski definition) is 5. The van der Waals surface area contributed by atoms with Crippen LogP contribution in [0.3, 0.4) is 0 Å². The van der Waals surface area contributed by atoms with Crippen molar-refractivity contribution in [1.29, 1.82) is 0 Å². The van der Waals surface area contributed by atoms with Crippen LogP contribution in [0.1, 0.15) is 31.1 Å². The van der Waals surface area contributed by atoms with E-state index in [1.165, 1.54) is 25.1 Å². The van der Waals surface area contributed by atoms with E-state index in [1.807, 2.05) is 0 Å². The van der Waals surface area contributed by atoms with E-state index < -0.39 is 24.3 Å². The van der Waals surface area contributed by atoms with Crippen molar-refractivity contribution in [3.8, 4) is 0 Å². The van der Waals surface area contributed by atoms with Gasteiger partial charge >= 0.3 is 5.97 Å². The van der Waals surface area contributed by atoms with Crippen molar-refractivity contribution in [1.82, 2.24) is 4.90 Å². The average Bonchev–Trinajstić information content (AvgIpc) is 2.45. The normalized spacial score (nSPS) is 9.91. The zero-order valence-electron chi connectivity index (χ0n) is 13.0. The summed E-state index contributed by atoms with van der Waals surface area (Å²) in [5.41, 5.74) is 0.203. The predicted octanol–water partition coefficient (Wildman–Crippen LogP) is 1.85. The SMILES string of the molecule is CCOC(=O)CN(C(C)=O)C(=O)c1cc(Cl)ccc1NC(C)=O. The summed E-state index contributed by atoms with van der Waals surface area (Å²) in [4.78, 5) is 47.8. The number of rotatable bonds is 5. The molecule has 3 amide bonds. The van der Waals surface area contributed by atoms with Gasteiger partial charge in [-0.15, -0.1) is 0 Å². The standard InChI is InChI=1S/C15H17ClN2O5/c1-4-23-14(21)8-18(10(3)20)15(22)12-7-11(16)5-6-13(12)17-9(2)19/h5-7H,4,8H2,1-3H3,(H,17,19). The molecule has 0 aliphatic heterocycles. The van der Waals surface area contributed by atoms with E-state index in [-0.39, 0.29) is 28.8 Å². The molecule has 8 heteroatoms. The van der Waals surface area contributed by atoms with Gasteiger partial charge < -0.3 is 10.1 Å². The zero-order valence-corrected chi connectivity index (χ0v) is 13.8. The van der Waals surface area contributed by atoms with Gasteiger partial charge in [0.25, 0.3) is 5.91 Å². The number of anilines is 1. The first kappa shape index (κ1) is 18.6. The second-order valence-corrected chi connectivity index (χ2v) is 5.02. The van der Waals surface area contributed by atoms with Crippen molar-refractivity contribution in [2.75, 3.05) is 18.5 Å². The molecule has 0 fully saturated rings. The maximum Gasteiger partial charge on any atom is 0.326 e. The molecule has 0 saturated heterocycles. The van der Waals surface area contributed by atoms with Crippen molar-refractivity contribution >= 4 is 41.0 Å². The number of nitrogens with zero attached hydrogens (tertiary/aromatic N) is 1. The van der Waals surface area contributed by atoms with Crippen LogP contribution in [-0.2, 0) is 19.1 Å². The summed E-state index contributed by atoms with van der Waals surface area (Å²) in [6.07, 6.45) is 0. The van der Waals surface area contributed by atoms with Gasteiger partial charge in [-0.2, -0.15) is 0 Å². The zero-order chi connectivity index (χ0) is 17.6. The number of imide groups is 1. The Morgan fingerprint density at radius 1 is 1.22 bits per heavy atom. The Labute approximate surface area is 138 Å². The van der Waals surface area contributed by atoms with Crippen molar-refractivity contribution in [3.63, 3.8) is 0 Å². The topological polar surface area (TPSA) is 92.8 Å². The predicted molar refractivity (Wildman–Crippen MR) is 84.1 cm³/mol. The molecule has 1 aromatic carbocycles. The molecule has 0 aliphatic carbocycles. The van der Waals surface area contributed by atoms with Crippen LogP contribution in [0.15, 0.2) is 18.2 Å². The lowest BCUT2D eigenvalue weighted by molar-refractivity contribution is -0.147. The molecule has 0 aliphatic rings. The van der Waals surface area contributed by atoms with Gasteiger partial charge in [0.1, 0.15) is 6.54 Å². The highest BCUT2D eigenvalue weighted by molar-refractivity contribution is 6.31. The van der Waals surface area contributed by atoms with Crippen LogP contribution in [0.2, 0.25) is 5.02 Å². The molecule has 1 aromatic rings. The molecule has 1 N–H and O–H groups in total. The highest BCUT2D eigenvalue weighted by Crippen LogP contribution is 2.22. The molecule has 7 nitrogen and oxygen atoms in total. The first-order valence-electron chi connectivity index (χ1n) is 6.81. The molecule has 0 heterocycles. The van der Waals surface area contributed by atoms with Crippen LogP contribution < -0.4 is 5.32 Å². The Bertz CT molecular complexity index is 645. The Hall–Kier alpha value is -2.41. The summed E-state index contributed by atoms with van der Waals surface area (Å²) < 4.78 is 4.75. The number of carbonyl (C=O) groups is 4. The van der Waals surface area contributed by atoms with Gasteiger partial charge in [-0.1, -0.05) is 11.6 Å². The number of amides is 3. The Morgan fingerprint density at radius 2 is 1.87 bits per heavy atom. The van der Waals surface area contributed by atoms with E-state index in [9.17, 15) is 19.2 Å². The summed E-state index contributed by atoms with van der Waals surface area (Å²) in [6.45, 7) is 3.66. The molecule has 0 unspecified atom stereocenters. The lowest BCUT2D eigenvalue weighted by Gasteiger charge is -2.20. The smallest absolute Gasteiger partial charge is 0.326 e. The summed E-state index contributed by atoms with van der Waals surface area (Å²) in [5, 5.41) is 2.73. The van der Waals surface area contributed by atoms with Crippen LogP contribution in [0.5, 0.6) is 0 Å². The number of benzene rings is 1. The third kappa shape index (κ3) is 5.37. The largest absolute Gasteiger partial charge is 0.465 e. The first-order valence-corrected chi connectivity index (χ1v) is 7.19. The van der Waals surface area contributed by atoms with E-state index in [0.717, 1.165) is 11.8 Å². The fraction of sp³-hybridized carbons (Fsp3) is 0.333. The molecule has 0 aromatic heterocycles. The summed E-state index contributed by atoms with van der Waals surface area (Å²) in [6, 6.07) is 4.25. The van der Waals surface area contributed by atoms with Crippen LogP contribution in [-0.4, -0.2) is 41.7 Å². The summed E-state index contributed by atoms with van der Waals surface area (Å²) >= 11 is 5.88. The van der Waals surface area contributed by atoms with E-state index in [1.54, 1.807) is 6.92 Å². The lowest BCUT2D eigenvalue weighted by Crippen LogP contribution is -2.40. The average molecular weight is 341 g/mol. The molecule has 0 atom stereocenters. The fourth-order valence-electron chi connectivity index (χ4n) is 1.80. The highest BCUT2D eigenvalue weighted by Gasteiger charge is 2.25. The number of carbonyl (C=O) groups excluding carboxylic acids is 4. The van der Waals surface area contributed by atoms with Crippen molar-refractivity contribution in [2.24, 2.45) is 0 Å². The number of ether oxygens (including phenoxy) is 1. The molecule has 23 heavy (non-hydrogen) atoms. The third-order valence-corrected chi connectivity index (χ3v) is 2.98. The Balaban J connectivity index is 3.17. The van der Waals surface area contributed by atoms with Crippen molar-refractivity contribution in [3.05, 3.63) is 28.8 Å². The van der Waals surface area contributed by atoms with E-state index in [0.29, 0.717) is 0 Å². The van der Waals surface area contributed by atoms with Gasteiger partial charge in [0.15, 0.2) is 0 Å². The number of esters is 1. The minimum absolute atomic E-state index is 0.00667.